The van der Waals surface area contributed by atoms with Gasteiger partial charge >= 0.3 is 0 Å². The largest absolute Gasteiger partial charge is 0.324 e. The highest BCUT2D eigenvalue weighted by Crippen LogP contribution is 2.26. The van der Waals surface area contributed by atoms with E-state index < -0.39 is 5.82 Å². The molecule has 0 saturated heterocycles. The van der Waals surface area contributed by atoms with Crippen molar-refractivity contribution in [3.63, 3.8) is 0 Å². The summed E-state index contributed by atoms with van der Waals surface area (Å²) in [6.45, 7) is 4.01. The number of hydrogen-bond donors (Lipinski definition) is 0. The van der Waals surface area contributed by atoms with E-state index in [1.807, 2.05) is 18.4 Å². The zero-order chi connectivity index (χ0) is 11.9. The van der Waals surface area contributed by atoms with Gasteiger partial charge < -0.3 is 4.57 Å². The Labute approximate surface area is 103 Å². The van der Waals surface area contributed by atoms with Gasteiger partial charge in [0.05, 0.1) is 21.9 Å². The average Bonchev–Trinajstić information content (AvgIpc) is 2.56. The monoisotopic (exact) mass is 260 g/mol. The second kappa shape index (κ2) is 4.22. The van der Waals surface area contributed by atoms with Crippen LogP contribution in [0.2, 0.25) is 5.02 Å². The molecule has 0 N–H and O–H groups in total. The fourth-order valence-electron chi connectivity index (χ4n) is 1.81. The number of rotatable bonds is 2. The quantitative estimate of drug-likeness (QED) is 0.742. The van der Waals surface area contributed by atoms with Crippen molar-refractivity contribution in [3.8, 4) is 0 Å². The summed E-state index contributed by atoms with van der Waals surface area (Å²) in [4.78, 5) is 4.33. The lowest BCUT2D eigenvalue weighted by molar-refractivity contribution is 0.592. The smallest absolute Gasteiger partial charge is 0.144 e. The van der Waals surface area contributed by atoms with Crippen LogP contribution in [0.5, 0.6) is 0 Å². The van der Waals surface area contributed by atoms with Gasteiger partial charge in [0.1, 0.15) is 11.6 Å². The van der Waals surface area contributed by atoms with E-state index in [4.69, 9.17) is 23.2 Å². The fourth-order valence-corrected chi connectivity index (χ4v) is 2.16. The Morgan fingerprint density at radius 3 is 2.69 bits per heavy atom. The van der Waals surface area contributed by atoms with Crippen LogP contribution in [0.4, 0.5) is 4.39 Å². The zero-order valence-corrected chi connectivity index (χ0v) is 10.5. The van der Waals surface area contributed by atoms with Gasteiger partial charge in [-0.05, 0) is 19.9 Å². The van der Waals surface area contributed by atoms with E-state index in [0.29, 0.717) is 11.4 Å². The molecule has 0 aliphatic heterocycles. The third kappa shape index (κ3) is 1.78. The van der Waals surface area contributed by atoms with Crippen molar-refractivity contribution in [2.45, 2.75) is 25.8 Å². The number of hydrogen-bond acceptors (Lipinski definition) is 1. The lowest BCUT2D eigenvalue weighted by atomic mass is 10.3. The van der Waals surface area contributed by atoms with Crippen LogP contribution in [-0.2, 0) is 5.88 Å². The number of aromatic nitrogens is 2. The first-order valence-corrected chi connectivity index (χ1v) is 5.87. The Balaban J connectivity index is 2.79. The van der Waals surface area contributed by atoms with Gasteiger partial charge in [-0.2, -0.15) is 0 Å². The molecular weight excluding hydrogens is 250 g/mol. The molecule has 86 valence electrons. The molecule has 0 aliphatic carbocycles. The summed E-state index contributed by atoms with van der Waals surface area (Å²) in [5, 5.41) is 0.0852. The molecule has 1 aromatic carbocycles. The minimum atomic E-state index is -0.433. The standard InChI is InChI=1S/C11H11Cl2FN2/c1-6(2)16-10-4-8(14)7(13)3-9(10)15-11(16)5-12/h3-4,6H,5H2,1-2H3. The van der Waals surface area contributed by atoms with Crippen LogP contribution in [0.1, 0.15) is 25.7 Å². The maximum atomic E-state index is 13.4. The van der Waals surface area contributed by atoms with Gasteiger partial charge in [-0.3, -0.25) is 0 Å². The maximum Gasteiger partial charge on any atom is 0.144 e. The summed E-state index contributed by atoms with van der Waals surface area (Å²) in [6, 6.07) is 3.11. The van der Waals surface area contributed by atoms with Crippen molar-refractivity contribution in [2.75, 3.05) is 0 Å². The summed E-state index contributed by atoms with van der Waals surface area (Å²) >= 11 is 11.5. The lowest BCUT2D eigenvalue weighted by Crippen LogP contribution is -2.04. The second-order valence-electron chi connectivity index (χ2n) is 3.88. The van der Waals surface area contributed by atoms with Crippen LogP contribution in [-0.4, -0.2) is 9.55 Å². The molecule has 0 unspecified atom stereocenters. The van der Waals surface area contributed by atoms with Gasteiger partial charge in [0.15, 0.2) is 0 Å². The van der Waals surface area contributed by atoms with Crippen LogP contribution in [0, 0.1) is 5.82 Å². The van der Waals surface area contributed by atoms with E-state index >= 15 is 0 Å². The predicted molar refractivity (Wildman–Crippen MR) is 64.6 cm³/mol. The van der Waals surface area contributed by atoms with E-state index in [9.17, 15) is 4.39 Å². The van der Waals surface area contributed by atoms with Crippen molar-refractivity contribution in [1.82, 2.24) is 9.55 Å². The summed E-state index contributed by atoms with van der Waals surface area (Å²) < 4.78 is 15.3. The van der Waals surface area contributed by atoms with Crippen molar-refractivity contribution in [1.29, 1.82) is 0 Å². The minimum Gasteiger partial charge on any atom is -0.324 e. The van der Waals surface area contributed by atoms with Crippen molar-refractivity contribution in [2.24, 2.45) is 0 Å². The Bertz CT molecular complexity index is 534. The molecule has 2 rings (SSSR count). The Kier molecular flexibility index (Phi) is 3.08. The zero-order valence-electron chi connectivity index (χ0n) is 8.97. The van der Waals surface area contributed by atoms with Gasteiger partial charge in [-0.1, -0.05) is 11.6 Å². The van der Waals surface area contributed by atoms with E-state index in [0.717, 1.165) is 11.3 Å². The van der Waals surface area contributed by atoms with Gasteiger partial charge in [0.25, 0.3) is 0 Å². The first kappa shape index (κ1) is 11.7. The van der Waals surface area contributed by atoms with Gasteiger partial charge in [0, 0.05) is 12.1 Å². The predicted octanol–water partition coefficient (Wildman–Crippen LogP) is 4.15. The van der Waals surface area contributed by atoms with Gasteiger partial charge in [0.2, 0.25) is 0 Å². The molecule has 1 heterocycles. The number of alkyl halides is 1. The summed E-state index contributed by atoms with van der Waals surface area (Å²) in [5.41, 5.74) is 1.41. The molecule has 0 radical (unpaired) electrons. The molecule has 0 bridgehead atoms. The van der Waals surface area contributed by atoms with E-state index in [-0.39, 0.29) is 11.1 Å². The number of halogens is 3. The van der Waals surface area contributed by atoms with Crippen molar-refractivity contribution in [3.05, 3.63) is 28.8 Å². The molecule has 5 heteroatoms. The molecule has 16 heavy (non-hydrogen) atoms. The van der Waals surface area contributed by atoms with E-state index in [1.165, 1.54) is 12.1 Å². The number of fused-ring (bicyclic) bond motifs is 1. The molecule has 0 aliphatic rings. The Morgan fingerprint density at radius 2 is 2.12 bits per heavy atom. The maximum absolute atomic E-state index is 13.4. The number of benzene rings is 1. The SMILES string of the molecule is CC(C)n1c(CCl)nc2cc(Cl)c(F)cc21. The Hall–Kier alpha value is -0.800. The van der Waals surface area contributed by atoms with Crippen LogP contribution < -0.4 is 0 Å². The highest BCUT2D eigenvalue weighted by Gasteiger charge is 2.14. The van der Waals surface area contributed by atoms with Crippen LogP contribution in [0.25, 0.3) is 11.0 Å². The van der Waals surface area contributed by atoms with Crippen molar-refractivity contribution >= 4 is 34.2 Å². The molecule has 0 saturated carbocycles. The summed E-state index contributed by atoms with van der Waals surface area (Å²) in [5.74, 6) is 0.594. The Morgan fingerprint density at radius 1 is 1.44 bits per heavy atom. The topological polar surface area (TPSA) is 17.8 Å². The number of nitrogens with zero attached hydrogens (tertiary/aromatic N) is 2. The van der Waals surface area contributed by atoms with E-state index in [1.54, 1.807) is 0 Å². The molecule has 1 aromatic heterocycles. The van der Waals surface area contributed by atoms with Gasteiger partial charge in [-0.25, -0.2) is 9.37 Å². The molecule has 0 amide bonds. The van der Waals surface area contributed by atoms with Crippen LogP contribution >= 0.6 is 23.2 Å². The summed E-state index contributed by atoms with van der Waals surface area (Å²) in [6.07, 6.45) is 0. The van der Waals surface area contributed by atoms with Gasteiger partial charge in [-0.15, -0.1) is 11.6 Å². The minimum absolute atomic E-state index is 0.0852. The first-order valence-electron chi connectivity index (χ1n) is 4.96. The highest BCUT2D eigenvalue weighted by molar-refractivity contribution is 6.31. The number of imidazole rings is 1. The molecule has 2 nitrogen and oxygen atoms in total. The lowest BCUT2D eigenvalue weighted by Gasteiger charge is -2.11. The third-order valence-electron chi connectivity index (χ3n) is 2.44. The molecular formula is C11H11Cl2FN2. The fraction of sp³-hybridized carbons (Fsp3) is 0.364. The molecule has 0 atom stereocenters. The second-order valence-corrected chi connectivity index (χ2v) is 4.55. The van der Waals surface area contributed by atoms with Crippen LogP contribution in [0.3, 0.4) is 0 Å². The highest BCUT2D eigenvalue weighted by atomic mass is 35.5. The normalized spacial score (nSPS) is 11.6. The van der Waals surface area contributed by atoms with Crippen LogP contribution in [0.15, 0.2) is 12.1 Å². The third-order valence-corrected chi connectivity index (χ3v) is 2.97. The average molecular weight is 261 g/mol. The first-order chi connectivity index (χ1) is 7.54. The van der Waals surface area contributed by atoms with E-state index in [2.05, 4.69) is 4.98 Å². The molecule has 2 aromatic rings. The molecule has 0 spiro atoms. The summed E-state index contributed by atoms with van der Waals surface area (Å²) in [7, 11) is 0. The molecule has 0 fully saturated rings. The van der Waals surface area contributed by atoms with Crippen molar-refractivity contribution < 1.29 is 4.39 Å².